The highest BCUT2D eigenvalue weighted by Crippen LogP contribution is 2.38. The third-order valence-corrected chi connectivity index (χ3v) is 6.95. The molecule has 186 valence electrons. The van der Waals surface area contributed by atoms with Crippen molar-refractivity contribution < 1.29 is 28.2 Å². The van der Waals surface area contributed by atoms with Gasteiger partial charge in [0.2, 0.25) is 0 Å². The van der Waals surface area contributed by atoms with Crippen LogP contribution in [0.1, 0.15) is 40.6 Å². The van der Waals surface area contributed by atoms with Gasteiger partial charge in [-0.05, 0) is 42.3 Å². The topological polar surface area (TPSA) is 74.7 Å². The van der Waals surface area contributed by atoms with E-state index in [1.54, 1.807) is 36.4 Å². The zero-order valence-corrected chi connectivity index (χ0v) is 21.3. The van der Waals surface area contributed by atoms with Gasteiger partial charge in [0.25, 0.3) is 0 Å². The third-order valence-electron chi connectivity index (χ3n) is 5.94. The van der Waals surface area contributed by atoms with Gasteiger partial charge in [0.15, 0.2) is 23.1 Å². The maximum absolute atomic E-state index is 14.2. The number of benzene rings is 2. The molecule has 0 aliphatic rings. The molecule has 0 spiro atoms. The smallest absolute Gasteiger partial charge is 0.181 e. The van der Waals surface area contributed by atoms with Crippen molar-refractivity contribution >= 4 is 33.0 Å². The van der Waals surface area contributed by atoms with Crippen LogP contribution in [-0.4, -0.2) is 37.9 Å². The van der Waals surface area contributed by atoms with Crippen molar-refractivity contribution in [2.75, 3.05) is 21.3 Å². The van der Waals surface area contributed by atoms with Gasteiger partial charge in [-0.1, -0.05) is 19.1 Å². The fourth-order valence-corrected chi connectivity index (χ4v) is 5.06. The van der Waals surface area contributed by atoms with Crippen LogP contribution in [0, 0.1) is 11.7 Å². The van der Waals surface area contributed by atoms with Crippen LogP contribution in [0.3, 0.4) is 0 Å². The number of thiophene rings is 1. The number of halogens is 1. The van der Waals surface area contributed by atoms with Gasteiger partial charge in [-0.3, -0.25) is 9.59 Å². The van der Waals surface area contributed by atoms with Crippen molar-refractivity contribution in [3.05, 3.63) is 71.0 Å². The lowest BCUT2D eigenvalue weighted by atomic mass is 9.94. The average Bonchev–Trinajstić information content (AvgIpc) is 3.33. The predicted octanol–water partition coefficient (Wildman–Crippen LogP) is 6.61. The number of pyridine rings is 1. The number of hydrogen-bond acceptors (Lipinski definition) is 7. The molecule has 2 aromatic carbocycles. The summed E-state index contributed by atoms with van der Waals surface area (Å²) in [7, 11) is 4.57. The molecule has 0 bridgehead atoms. The largest absolute Gasteiger partial charge is 0.494 e. The summed E-state index contributed by atoms with van der Waals surface area (Å²) in [6.07, 6.45) is 0.343. The predicted molar refractivity (Wildman–Crippen MR) is 138 cm³/mol. The van der Waals surface area contributed by atoms with Crippen LogP contribution < -0.4 is 14.2 Å². The van der Waals surface area contributed by atoms with Crippen LogP contribution in [0.15, 0.2) is 53.9 Å². The van der Waals surface area contributed by atoms with Crippen LogP contribution >= 0.6 is 11.3 Å². The minimum absolute atomic E-state index is 0.0913. The van der Waals surface area contributed by atoms with E-state index < -0.39 is 0 Å². The maximum atomic E-state index is 14.2. The molecule has 0 N–H and O–H groups in total. The number of fused-ring (bicyclic) bond motifs is 1. The first-order chi connectivity index (χ1) is 17.4. The summed E-state index contributed by atoms with van der Waals surface area (Å²) < 4.78 is 30.7. The number of aromatic nitrogens is 1. The monoisotopic (exact) mass is 507 g/mol. The molecule has 0 aliphatic carbocycles. The second-order valence-corrected chi connectivity index (χ2v) is 9.32. The Hall–Kier alpha value is -3.78. The molecule has 0 fully saturated rings. The Kier molecular flexibility index (Phi) is 7.64. The minimum Gasteiger partial charge on any atom is -0.494 e. The van der Waals surface area contributed by atoms with Gasteiger partial charge in [-0.15, -0.1) is 11.3 Å². The van der Waals surface area contributed by atoms with Crippen LogP contribution in [0.25, 0.3) is 21.3 Å². The first-order valence-corrected chi connectivity index (χ1v) is 12.2. The molecular weight excluding hydrogens is 481 g/mol. The molecular formula is C28H26FNO5S. The van der Waals surface area contributed by atoms with Crippen LogP contribution in [0.4, 0.5) is 4.39 Å². The summed E-state index contributed by atoms with van der Waals surface area (Å²) in [5.41, 5.74) is 1.95. The molecule has 8 heteroatoms. The summed E-state index contributed by atoms with van der Waals surface area (Å²) in [6.45, 7) is 1.86. The van der Waals surface area contributed by atoms with E-state index in [1.807, 2.05) is 18.4 Å². The van der Waals surface area contributed by atoms with Crippen molar-refractivity contribution in [1.82, 2.24) is 4.98 Å². The lowest BCUT2D eigenvalue weighted by Gasteiger charge is -2.13. The summed E-state index contributed by atoms with van der Waals surface area (Å²) in [5.74, 6) is 0.725. The van der Waals surface area contributed by atoms with Gasteiger partial charge in [-0.2, -0.15) is 0 Å². The highest BCUT2D eigenvalue weighted by Gasteiger charge is 2.21. The summed E-state index contributed by atoms with van der Waals surface area (Å²) in [6, 6.07) is 13.2. The molecule has 0 saturated heterocycles. The normalized spacial score (nSPS) is 11.8. The first kappa shape index (κ1) is 25.3. The van der Waals surface area contributed by atoms with E-state index in [0.717, 1.165) is 0 Å². The number of ketones is 2. The van der Waals surface area contributed by atoms with Gasteiger partial charge in [0.05, 0.1) is 26.0 Å². The molecule has 4 rings (SSSR count). The summed E-state index contributed by atoms with van der Waals surface area (Å²) in [4.78, 5) is 30.5. The van der Waals surface area contributed by atoms with Gasteiger partial charge >= 0.3 is 0 Å². The molecule has 0 amide bonds. The quantitative estimate of drug-likeness (QED) is 0.225. The van der Waals surface area contributed by atoms with Crippen molar-refractivity contribution in [3.63, 3.8) is 0 Å². The van der Waals surface area contributed by atoms with E-state index in [0.29, 0.717) is 44.2 Å². The Balaban J connectivity index is 1.53. The zero-order chi connectivity index (χ0) is 25.8. The van der Waals surface area contributed by atoms with Crippen LogP contribution in [0.5, 0.6) is 17.2 Å². The average molecular weight is 508 g/mol. The zero-order valence-electron chi connectivity index (χ0n) is 20.5. The molecule has 0 radical (unpaired) electrons. The molecule has 1 atom stereocenters. The first-order valence-electron chi connectivity index (χ1n) is 11.4. The maximum Gasteiger partial charge on any atom is 0.181 e. The Bertz CT molecular complexity index is 1430. The molecule has 1 unspecified atom stereocenters. The van der Waals surface area contributed by atoms with Crippen LogP contribution in [0.2, 0.25) is 0 Å². The Morgan fingerprint density at radius 2 is 1.61 bits per heavy atom. The van der Waals surface area contributed by atoms with Gasteiger partial charge in [0, 0.05) is 34.7 Å². The fraction of sp³-hybridized carbons (Fsp3) is 0.250. The Morgan fingerprint density at radius 3 is 2.33 bits per heavy atom. The van der Waals surface area contributed by atoms with E-state index in [-0.39, 0.29) is 41.8 Å². The molecule has 2 aromatic heterocycles. The standard InChI is InChI=1S/C28H26FNO5S/c1-16(12-22(31)17-8-10-24(33-2)26(14-17)35-4)13-23(32)21-9-11-25(34-3)27(30-21)19-15-36-28-18(19)6-5-7-20(28)29/h5-11,14-16H,12-13H2,1-4H3. The number of Topliss-reactive ketones (excluding diaryl/α,β-unsaturated/α-hetero) is 2. The van der Waals surface area contributed by atoms with Gasteiger partial charge < -0.3 is 14.2 Å². The number of rotatable bonds is 10. The van der Waals surface area contributed by atoms with Gasteiger partial charge in [0.1, 0.15) is 23.0 Å². The van der Waals surface area contributed by atoms with Gasteiger partial charge in [-0.25, -0.2) is 9.37 Å². The molecule has 0 saturated carbocycles. The minimum atomic E-state index is -0.303. The number of ether oxygens (including phenoxy) is 3. The Labute approximate surface area is 212 Å². The third kappa shape index (κ3) is 5.09. The number of nitrogens with zero attached hydrogens (tertiary/aromatic N) is 1. The number of methoxy groups -OCH3 is 3. The lowest BCUT2D eigenvalue weighted by molar-refractivity contribution is 0.0925. The number of carbonyl (C=O) groups excluding carboxylic acids is 2. The SMILES string of the molecule is COc1ccc(C(=O)CC(C)CC(=O)c2ccc(OC)c(-c3csc4c(F)cccc34)n2)cc1OC. The van der Waals surface area contributed by atoms with Crippen molar-refractivity contribution in [2.45, 2.75) is 19.8 Å². The molecule has 4 aromatic rings. The highest BCUT2D eigenvalue weighted by molar-refractivity contribution is 7.17. The van der Waals surface area contributed by atoms with Crippen molar-refractivity contribution in [1.29, 1.82) is 0 Å². The van der Waals surface area contributed by atoms with E-state index >= 15 is 0 Å². The fourth-order valence-electron chi connectivity index (χ4n) is 4.10. The van der Waals surface area contributed by atoms with E-state index in [9.17, 15) is 14.0 Å². The molecule has 6 nitrogen and oxygen atoms in total. The molecule has 2 heterocycles. The lowest BCUT2D eigenvalue weighted by Crippen LogP contribution is -2.13. The number of carbonyl (C=O) groups is 2. The highest BCUT2D eigenvalue weighted by atomic mass is 32.1. The van der Waals surface area contributed by atoms with E-state index in [2.05, 4.69) is 4.98 Å². The van der Waals surface area contributed by atoms with Crippen molar-refractivity contribution in [2.24, 2.45) is 5.92 Å². The molecule has 0 aliphatic heterocycles. The second-order valence-electron chi connectivity index (χ2n) is 8.44. The van der Waals surface area contributed by atoms with Crippen LogP contribution in [-0.2, 0) is 0 Å². The molecule has 36 heavy (non-hydrogen) atoms. The summed E-state index contributed by atoms with van der Waals surface area (Å²) >= 11 is 1.28. The second kappa shape index (κ2) is 10.9. The summed E-state index contributed by atoms with van der Waals surface area (Å²) in [5, 5.41) is 2.53. The van der Waals surface area contributed by atoms with E-state index in [1.165, 1.54) is 38.7 Å². The Morgan fingerprint density at radius 1 is 0.917 bits per heavy atom. The van der Waals surface area contributed by atoms with Crippen molar-refractivity contribution in [3.8, 4) is 28.5 Å². The number of hydrogen-bond donors (Lipinski definition) is 0. The van der Waals surface area contributed by atoms with E-state index in [4.69, 9.17) is 14.2 Å².